The van der Waals surface area contributed by atoms with Crippen molar-refractivity contribution in [1.29, 1.82) is 0 Å². The number of hydrogen-bond donors (Lipinski definition) is 1. The molecule has 8 heteroatoms. The molecule has 1 rings (SSSR count). The highest BCUT2D eigenvalue weighted by Gasteiger charge is 2.19. The van der Waals surface area contributed by atoms with Crippen molar-refractivity contribution in [2.24, 2.45) is 0 Å². The lowest BCUT2D eigenvalue weighted by Crippen LogP contribution is -2.43. The van der Waals surface area contributed by atoms with Crippen LogP contribution < -0.4 is 5.32 Å². The number of carbonyl (C=O) groups is 2. The Kier molecular flexibility index (Phi) is 6.27. The van der Waals surface area contributed by atoms with Crippen molar-refractivity contribution in [2.45, 2.75) is 0 Å². The van der Waals surface area contributed by atoms with Crippen molar-refractivity contribution in [3.8, 4) is 0 Å². The van der Waals surface area contributed by atoms with Crippen molar-refractivity contribution >= 4 is 29.2 Å². The number of nitrogens with zero attached hydrogens (tertiary/aromatic N) is 2. The van der Waals surface area contributed by atoms with Gasteiger partial charge in [-0.05, 0) is 12.1 Å². The second-order valence-corrected chi connectivity index (χ2v) is 4.57. The molecule has 0 bridgehead atoms. The van der Waals surface area contributed by atoms with Crippen LogP contribution in [-0.2, 0) is 0 Å². The highest BCUT2D eigenvalue weighted by molar-refractivity contribution is 6.32. The van der Waals surface area contributed by atoms with E-state index in [1.807, 2.05) is 0 Å². The van der Waals surface area contributed by atoms with Gasteiger partial charge in [0.2, 0.25) is 0 Å². The van der Waals surface area contributed by atoms with Crippen LogP contribution in [-0.4, -0.2) is 34.9 Å². The Bertz CT molecular complexity index is 621. The first-order valence-electron chi connectivity index (χ1n) is 6.16. The number of nitrogens with one attached hydrogen (secondary N) is 1. The molecule has 0 saturated carbocycles. The quantitative estimate of drug-likeness (QED) is 0.495. The summed E-state index contributed by atoms with van der Waals surface area (Å²) in [6.45, 7) is 7.48. The molecule has 116 valence electrons. The van der Waals surface area contributed by atoms with Gasteiger partial charge in [-0.15, -0.1) is 13.2 Å². The van der Waals surface area contributed by atoms with Gasteiger partial charge < -0.3 is 4.90 Å². The molecule has 0 fully saturated rings. The van der Waals surface area contributed by atoms with Crippen LogP contribution in [0.5, 0.6) is 0 Å². The third-order valence-electron chi connectivity index (χ3n) is 2.61. The van der Waals surface area contributed by atoms with Gasteiger partial charge in [0, 0.05) is 24.7 Å². The minimum absolute atomic E-state index is 0.0402. The lowest BCUT2D eigenvalue weighted by Gasteiger charge is -2.19. The monoisotopic (exact) mass is 323 g/mol. The van der Waals surface area contributed by atoms with Crippen molar-refractivity contribution in [1.82, 2.24) is 10.2 Å². The fourth-order valence-electron chi connectivity index (χ4n) is 1.59. The molecule has 0 unspecified atom stereocenters. The number of rotatable bonds is 6. The van der Waals surface area contributed by atoms with Crippen molar-refractivity contribution in [3.63, 3.8) is 0 Å². The summed E-state index contributed by atoms with van der Waals surface area (Å²) in [7, 11) is 0. The Balaban J connectivity index is 2.90. The van der Waals surface area contributed by atoms with Gasteiger partial charge >= 0.3 is 6.03 Å². The molecule has 0 atom stereocenters. The molecule has 3 amide bonds. The Labute approximate surface area is 132 Å². The maximum Gasteiger partial charge on any atom is 0.324 e. The molecule has 0 aromatic heterocycles. The molecule has 0 aliphatic carbocycles. The standard InChI is InChI=1S/C14H14ClN3O4/c1-3-7-17(8-4-2)14(20)16-13(19)10-5-6-11(15)12(9-10)18(21)22/h3-6,9H,1-2,7-8H2,(H,16,19,20). The molecule has 0 radical (unpaired) electrons. The number of carbonyl (C=O) groups excluding carboxylic acids is 2. The second kappa shape index (κ2) is 7.94. The summed E-state index contributed by atoms with van der Waals surface area (Å²) >= 11 is 5.66. The van der Waals surface area contributed by atoms with Crippen LogP contribution in [0, 0.1) is 10.1 Å². The molecule has 1 N–H and O–H groups in total. The summed E-state index contributed by atoms with van der Waals surface area (Å²) in [6.07, 6.45) is 3.00. The number of urea groups is 1. The zero-order chi connectivity index (χ0) is 16.7. The van der Waals surface area contributed by atoms with E-state index in [2.05, 4.69) is 18.5 Å². The lowest BCUT2D eigenvalue weighted by atomic mass is 10.2. The van der Waals surface area contributed by atoms with E-state index >= 15 is 0 Å². The number of benzene rings is 1. The Morgan fingerprint density at radius 2 is 1.91 bits per heavy atom. The first-order chi connectivity index (χ1) is 10.4. The highest BCUT2D eigenvalue weighted by Crippen LogP contribution is 2.24. The predicted molar refractivity (Wildman–Crippen MR) is 82.9 cm³/mol. The van der Waals surface area contributed by atoms with Crippen LogP contribution in [0.3, 0.4) is 0 Å². The van der Waals surface area contributed by atoms with Crippen molar-refractivity contribution < 1.29 is 14.5 Å². The summed E-state index contributed by atoms with van der Waals surface area (Å²) in [5.74, 6) is -0.761. The van der Waals surface area contributed by atoms with E-state index in [1.165, 1.54) is 29.2 Å². The zero-order valence-electron chi connectivity index (χ0n) is 11.6. The average Bonchev–Trinajstić information content (AvgIpc) is 2.46. The van der Waals surface area contributed by atoms with E-state index in [9.17, 15) is 19.7 Å². The molecular weight excluding hydrogens is 310 g/mol. The molecule has 0 heterocycles. The van der Waals surface area contributed by atoms with Crippen LogP contribution in [0.2, 0.25) is 5.02 Å². The molecule has 7 nitrogen and oxygen atoms in total. The van der Waals surface area contributed by atoms with Gasteiger partial charge in [-0.25, -0.2) is 4.79 Å². The SMILES string of the molecule is C=CCN(CC=C)C(=O)NC(=O)c1ccc(Cl)c([N+](=O)[O-])c1. The average molecular weight is 324 g/mol. The fourth-order valence-corrected chi connectivity index (χ4v) is 1.78. The summed E-state index contributed by atoms with van der Waals surface area (Å²) < 4.78 is 0. The van der Waals surface area contributed by atoms with E-state index < -0.39 is 22.5 Å². The Morgan fingerprint density at radius 3 is 2.41 bits per heavy atom. The number of hydrogen-bond acceptors (Lipinski definition) is 4. The molecular formula is C14H14ClN3O4. The highest BCUT2D eigenvalue weighted by atomic mass is 35.5. The van der Waals surface area contributed by atoms with Gasteiger partial charge in [0.1, 0.15) is 5.02 Å². The first-order valence-corrected chi connectivity index (χ1v) is 6.54. The lowest BCUT2D eigenvalue weighted by molar-refractivity contribution is -0.384. The minimum Gasteiger partial charge on any atom is -0.317 e. The Hall–Kier alpha value is -2.67. The number of amides is 3. The van der Waals surface area contributed by atoms with Gasteiger partial charge in [-0.1, -0.05) is 23.8 Å². The molecule has 0 saturated heterocycles. The summed E-state index contributed by atoms with van der Waals surface area (Å²) in [5, 5.41) is 12.8. The van der Waals surface area contributed by atoms with Gasteiger partial charge in [0.05, 0.1) is 4.92 Å². The number of imide groups is 1. The predicted octanol–water partition coefficient (Wildman–Crippen LogP) is 2.77. The molecule has 0 aliphatic heterocycles. The maximum absolute atomic E-state index is 12.0. The van der Waals surface area contributed by atoms with Crippen LogP contribution in [0.15, 0.2) is 43.5 Å². The molecule has 0 spiro atoms. The Morgan fingerprint density at radius 1 is 1.32 bits per heavy atom. The number of halogens is 1. The van der Waals surface area contributed by atoms with E-state index in [0.717, 1.165) is 6.07 Å². The summed E-state index contributed by atoms with van der Waals surface area (Å²) in [4.78, 5) is 35.3. The molecule has 1 aromatic carbocycles. The minimum atomic E-state index is -0.761. The van der Waals surface area contributed by atoms with E-state index in [1.54, 1.807) is 0 Å². The normalized spacial score (nSPS) is 9.68. The largest absolute Gasteiger partial charge is 0.324 e. The van der Waals surface area contributed by atoms with Crippen LogP contribution >= 0.6 is 11.6 Å². The van der Waals surface area contributed by atoms with Crippen LogP contribution in [0.25, 0.3) is 0 Å². The fraction of sp³-hybridized carbons (Fsp3) is 0.143. The third-order valence-corrected chi connectivity index (χ3v) is 2.93. The number of nitro benzene ring substituents is 1. The molecule has 0 aliphatic rings. The van der Waals surface area contributed by atoms with Crippen LogP contribution in [0.4, 0.5) is 10.5 Å². The van der Waals surface area contributed by atoms with E-state index in [-0.39, 0.29) is 23.7 Å². The smallest absolute Gasteiger partial charge is 0.317 e. The van der Waals surface area contributed by atoms with Gasteiger partial charge in [0.15, 0.2) is 0 Å². The van der Waals surface area contributed by atoms with Crippen molar-refractivity contribution in [2.75, 3.05) is 13.1 Å². The van der Waals surface area contributed by atoms with Gasteiger partial charge in [-0.2, -0.15) is 0 Å². The molecule has 22 heavy (non-hydrogen) atoms. The third kappa shape index (κ3) is 4.42. The van der Waals surface area contributed by atoms with Crippen LogP contribution in [0.1, 0.15) is 10.4 Å². The number of nitro groups is 1. The molecule has 1 aromatic rings. The zero-order valence-corrected chi connectivity index (χ0v) is 12.4. The topological polar surface area (TPSA) is 92.6 Å². The van der Waals surface area contributed by atoms with E-state index in [0.29, 0.717) is 0 Å². The summed E-state index contributed by atoms with van der Waals surface area (Å²) in [5.41, 5.74) is -0.447. The van der Waals surface area contributed by atoms with Gasteiger partial charge in [-0.3, -0.25) is 20.2 Å². The first kappa shape index (κ1) is 17.4. The van der Waals surface area contributed by atoms with E-state index in [4.69, 9.17) is 11.6 Å². The van der Waals surface area contributed by atoms with Gasteiger partial charge in [0.25, 0.3) is 11.6 Å². The summed E-state index contributed by atoms with van der Waals surface area (Å²) in [6, 6.07) is 2.88. The maximum atomic E-state index is 12.0. The van der Waals surface area contributed by atoms with Crippen molar-refractivity contribution in [3.05, 3.63) is 64.2 Å². The second-order valence-electron chi connectivity index (χ2n) is 4.16.